The van der Waals surface area contributed by atoms with Gasteiger partial charge in [-0.15, -0.1) is 11.8 Å². The van der Waals surface area contributed by atoms with Crippen molar-refractivity contribution in [2.24, 2.45) is 0 Å². The molecule has 0 bridgehead atoms. The molecule has 1 saturated heterocycles. The quantitative estimate of drug-likeness (QED) is 0.778. The Kier molecular flexibility index (Phi) is 4.43. The minimum atomic E-state index is -0.0533. The molecule has 1 aliphatic heterocycles. The molecule has 2 aromatic rings. The van der Waals surface area contributed by atoms with Crippen LogP contribution in [0.15, 0.2) is 48.5 Å². The zero-order chi connectivity index (χ0) is 14.8. The molecule has 1 unspecified atom stereocenters. The highest BCUT2D eigenvalue weighted by Gasteiger charge is 2.32. The van der Waals surface area contributed by atoms with E-state index in [1.807, 2.05) is 47.4 Å². The molecule has 0 spiro atoms. The number of carbonyl (C=O) groups excluding carboxylic acids is 1. The van der Waals surface area contributed by atoms with Gasteiger partial charge in [-0.1, -0.05) is 47.5 Å². The highest BCUT2D eigenvalue weighted by Crippen LogP contribution is 2.42. The molecule has 21 heavy (non-hydrogen) atoms. The van der Waals surface area contributed by atoms with Crippen molar-refractivity contribution in [2.75, 3.05) is 12.3 Å². The second-order valence-electron chi connectivity index (χ2n) is 4.75. The molecule has 108 valence electrons. The second kappa shape index (κ2) is 6.30. The maximum Gasteiger partial charge on any atom is 0.255 e. The van der Waals surface area contributed by atoms with E-state index < -0.39 is 0 Å². The van der Waals surface area contributed by atoms with E-state index >= 15 is 0 Å². The van der Waals surface area contributed by atoms with Crippen LogP contribution in [-0.4, -0.2) is 23.1 Å². The summed E-state index contributed by atoms with van der Waals surface area (Å²) in [6.07, 6.45) is 0. The lowest BCUT2D eigenvalue weighted by atomic mass is 10.1. The lowest BCUT2D eigenvalue weighted by Crippen LogP contribution is -2.30. The van der Waals surface area contributed by atoms with Gasteiger partial charge in [-0.2, -0.15) is 0 Å². The first-order valence-corrected chi connectivity index (χ1v) is 8.40. The molecule has 2 nitrogen and oxygen atoms in total. The number of rotatable bonds is 2. The number of hydrogen-bond acceptors (Lipinski definition) is 2. The van der Waals surface area contributed by atoms with E-state index in [-0.39, 0.29) is 11.3 Å². The van der Waals surface area contributed by atoms with Crippen LogP contribution in [0.3, 0.4) is 0 Å². The van der Waals surface area contributed by atoms with Gasteiger partial charge in [0.05, 0.1) is 0 Å². The first-order chi connectivity index (χ1) is 10.2. The topological polar surface area (TPSA) is 20.3 Å². The maximum absolute atomic E-state index is 12.7. The molecule has 1 atom stereocenters. The van der Waals surface area contributed by atoms with Gasteiger partial charge in [0.1, 0.15) is 5.37 Å². The third kappa shape index (κ3) is 3.05. The minimum absolute atomic E-state index is 0.0385. The summed E-state index contributed by atoms with van der Waals surface area (Å²) >= 11 is 14.0. The Balaban J connectivity index is 1.91. The molecule has 5 heteroatoms. The zero-order valence-electron chi connectivity index (χ0n) is 11.1. The molecule has 2 aromatic carbocycles. The molecule has 0 radical (unpaired) electrons. The first kappa shape index (κ1) is 14.8. The Labute approximate surface area is 138 Å². The molecule has 0 aromatic heterocycles. The third-order valence-corrected chi connectivity index (χ3v) is 5.21. The van der Waals surface area contributed by atoms with E-state index in [0.717, 1.165) is 17.9 Å². The van der Waals surface area contributed by atoms with Gasteiger partial charge in [0, 0.05) is 33.5 Å². The summed E-state index contributed by atoms with van der Waals surface area (Å²) in [5, 5.41) is 1.16. The van der Waals surface area contributed by atoms with E-state index in [4.69, 9.17) is 23.2 Å². The van der Waals surface area contributed by atoms with Crippen LogP contribution in [-0.2, 0) is 0 Å². The highest BCUT2D eigenvalue weighted by atomic mass is 35.5. The average Bonchev–Trinajstić information content (AvgIpc) is 2.96. The number of amides is 1. The van der Waals surface area contributed by atoms with Crippen LogP contribution in [0.2, 0.25) is 10.0 Å². The summed E-state index contributed by atoms with van der Waals surface area (Å²) in [6, 6.07) is 14.8. The van der Waals surface area contributed by atoms with E-state index in [1.165, 1.54) is 0 Å². The number of benzene rings is 2. The van der Waals surface area contributed by atoms with Gasteiger partial charge in [0.15, 0.2) is 0 Å². The average molecular weight is 338 g/mol. The van der Waals surface area contributed by atoms with Gasteiger partial charge in [-0.3, -0.25) is 4.79 Å². The van der Waals surface area contributed by atoms with Crippen LogP contribution < -0.4 is 0 Å². The Morgan fingerprint density at radius 1 is 1.14 bits per heavy atom. The van der Waals surface area contributed by atoms with Crippen molar-refractivity contribution in [2.45, 2.75) is 5.37 Å². The Morgan fingerprint density at radius 3 is 2.62 bits per heavy atom. The monoisotopic (exact) mass is 337 g/mol. The number of nitrogens with zero attached hydrogens (tertiary/aromatic N) is 1. The Bertz CT molecular complexity index is 663. The predicted molar refractivity (Wildman–Crippen MR) is 89.1 cm³/mol. The smallest absolute Gasteiger partial charge is 0.255 e. The fourth-order valence-electron chi connectivity index (χ4n) is 2.38. The van der Waals surface area contributed by atoms with Crippen LogP contribution in [0.5, 0.6) is 0 Å². The van der Waals surface area contributed by atoms with E-state index in [0.29, 0.717) is 15.6 Å². The highest BCUT2D eigenvalue weighted by molar-refractivity contribution is 7.99. The van der Waals surface area contributed by atoms with Gasteiger partial charge >= 0.3 is 0 Å². The SMILES string of the molecule is O=C(c1ccccc1)N1CCSC1c1ccc(Cl)cc1Cl. The summed E-state index contributed by atoms with van der Waals surface area (Å²) in [4.78, 5) is 14.5. The van der Waals surface area contributed by atoms with Gasteiger partial charge in [-0.25, -0.2) is 0 Å². The fraction of sp³-hybridized carbons (Fsp3) is 0.188. The standard InChI is InChI=1S/C16H13Cl2NOS/c17-12-6-7-13(14(18)10-12)16-19(8-9-21-16)15(20)11-4-2-1-3-5-11/h1-7,10,16H,8-9H2. The van der Waals surface area contributed by atoms with Gasteiger partial charge in [-0.05, 0) is 24.3 Å². The lowest BCUT2D eigenvalue weighted by molar-refractivity contribution is 0.0760. The number of halogens is 2. The lowest BCUT2D eigenvalue weighted by Gasteiger charge is -2.25. The van der Waals surface area contributed by atoms with Crippen molar-refractivity contribution in [1.82, 2.24) is 4.90 Å². The minimum Gasteiger partial charge on any atom is -0.322 e. The maximum atomic E-state index is 12.7. The zero-order valence-corrected chi connectivity index (χ0v) is 13.5. The van der Waals surface area contributed by atoms with Crippen molar-refractivity contribution in [1.29, 1.82) is 0 Å². The summed E-state index contributed by atoms with van der Waals surface area (Å²) in [7, 11) is 0. The summed E-state index contributed by atoms with van der Waals surface area (Å²) in [6.45, 7) is 0.724. The van der Waals surface area contributed by atoms with E-state index in [2.05, 4.69) is 0 Å². The van der Waals surface area contributed by atoms with Crippen molar-refractivity contribution < 1.29 is 4.79 Å². The van der Waals surface area contributed by atoms with Gasteiger partial charge in [0.25, 0.3) is 5.91 Å². The third-order valence-electron chi connectivity index (χ3n) is 3.40. The molecule has 1 fully saturated rings. The van der Waals surface area contributed by atoms with Crippen molar-refractivity contribution >= 4 is 40.9 Å². The molecule has 0 N–H and O–H groups in total. The fourth-order valence-corrected chi connectivity index (χ4v) is 4.25. The van der Waals surface area contributed by atoms with Gasteiger partial charge in [0.2, 0.25) is 0 Å². The van der Waals surface area contributed by atoms with E-state index in [1.54, 1.807) is 17.8 Å². The van der Waals surface area contributed by atoms with Crippen LogP contribution >= 0.6 is 35.0 Å². The summed E-state index contributed by atoms with van der Waals surface area (Å²) < 4.78 is 0. The largest absolute Gasteiger partial charge is 0.322 e. The molecule has 0 aliphatic carbocycles. The second-order valence-corrected chi connectivity index (χ2v) is 6.79. The summed E-state index contributed by atoms with van der Waals surface area (Å²) in [5.74, 6) is 0.943. The van der Waals surface area contributed by atoms with Crippen molar-refractivity contribution in [3.63, 3.8) is 0 Å². The molecule has 0 saturated carbocycles. The molecule has 1 amide bonds. The van der Waals surface area contributed by atoms with Crippen LogP contribution in [0, 0.1) is 0 Å². The summed E-state index contributed by atoms with van der Waals surface area (Å²) in [5.41, 5.74) is 1.64. The first-order valence-electron chi connectivity index (χ1n) is 6.59. The molecule has 1 heterocycles. The number of carbonyl (C=O) groups is 1. The van der Waals surface area contributed by atoms with Crippen LogP contribution in [0.25, 0.3) is 0 Å². The van der Waals surface area contributed by atoms with Crippen LogP contribution in [0.4, 0.5) is 0 Å². The molecular formula is C16H13Cl2NOS. The molecule has 3 rings (SSSR count). The van der Waals surface area contributed by atoms with Gasteiger partial charge < -0.3 is 4.90 Å². The molecule has 1 aliphatic rings. The molecular weight excluding hydrogens is 325 g/mol. The number of thioether (sulfide) groups is 1. The predicted octanol–water partition coefficient (Wildman–Crippen LogP) is 4.88. The normalized spacial score (nSPS) is 18.0. The number of hydrogen-bond donors (Lipinski definition) is 0. The van der Waals surface area contributed by atoms with Crippen molar-refractivity contribution in [3.05, 3.63) is 69.7 Å². The van der Waals surface area contributed by atoms with Crippen LogP contribution in [0.1, 0.15) is 21.3 Å². The Hall–Kier alpha value is -1.16. The van der Waals surface area contributed by atoms with Crippen molar-refractivity contribution in [3.8, 4) is 0 Å². The van der Waals surface area contributed by atoms with E-state index in [9.17, 15) is 4.79 Å². The Morgan fingerprint density at radius 2 is 1.90 bits per heavy atom.